The summed E-state index contributed by atoms with van der Waals surface area (Å²) in [7, 11) is 3.21. The van der Waals surface area contributed by atoms with Crippen molar-refractivity contribution in [1.29, 1.82) is 0 Å². The first-order valence-corrected chi connectivity index (χ1v) is 8.89. The molecule has 0 bridgehead atoms. The topological polar surface area (TPSA) is 55.8 Å². The van der Waals surface area contributed by atoms with E-state index >= 15 is 0 Å². The van der Waals surface area contributed by atoms with Gasteiger partial charge in [0.1, 0.15) is 11.5 Å². The van der Waals surface area contributed by atoms with Gasteiger partial charge in [-0.3, -0.25) is 4.79 Å². The zero-order valence-electron chi connectivity index (χ0n) is 13.2. The van der Waals surface area contributed by atoms with E-state index < -0.39 is 5.97 Å². The number of benzene rings is 2. The molecule has 0 saturated heterocycles. The average Bonchev–Trinajstić information content (AvgIpc) is 2.55. The van der Waals surface area contributed by atoms with Crippen LogP contribution in [0.25, 0.3) is 0 Å². The summed E-state index contributed by atoms with van der Waals surface area (Å²) in [4.78, 5) is 14.0. The van der Waals surface area contributed by atoms with E-state index in [9.17, 15) is 4.79 Å². The Bertz CT molecular complexity index is 679. The number of aliphatic carboxylic acids is 1. The minimum Gasteiger partial charge on any atom is -0.497 e. The lowest BCUT2D eigenvalue weighted by molar-refractivity contribution is -0.136. The van der Waals surface area contributed by atoms with Crippen LogP contribution in [0.5, 0.6) is 11.5 Å². The summed E-state index contributed by atoms with van der Waals surface area (Å²) < 4.78 is 10.6. The first-order valence-electron chi connectivity index (χ1n) is 6.85. The summed E-state index contributed by atoms with van der Waals surface area (Å²) in [5, 5.41) is 9.13. The number of carbonyl (C=O) groups is 1. The van der Waals surface area contributed by atoms with Gasteiger partial charge < -0.3 is 14.6 Å². The van der Waals surface area contributed by atoms with Crippen LogP contribution in [0.1, 0.15) is 5.56 Å². The molecule has 0 amide bonds. The molecule has 2 rings (SSSR count). The van der Waals surface area contributed by atoms with Crippen LogP contribution in [0.2, 0.25) is 0 Å². The van der Waals surface area contributed by atoms with Crippen molar-refractivity contribution in [3.05, 3.63) is 42.0 Å². The molecular formula is C17H18O4S2. The molecule has 0 aliphatic heterocycles. The molecule has 1 N–H and O–H groups in total. The van der Waals surface area contributed by atoms with Crippen LogP contribution in [-0.2, 0) is 11.2 Å². The molecule has 23 heavy (non-hydrogen) atoms. The van der Waals surface area contributed by atoms with Crippen LogP contribution in [0.3, 0.4) is 0 Å². The second-order valence-corrected chi connectivity index (χ2v) is 6.69. The van der Waals surface area contributed by atoms with E-state index in [-0.39, 0.29) is 6.42 Å². The fourth-order valence-corrected chi connectivity index (χ4v) is 3.52. The van der Waals surface area contributed by atoms with Crippen LogP contribution in [0.15, 0.2) is 51.1 Å². The monoisotopic (exact) mass is 350 g/mol. The molecule has 2 aromatic carbocycles. The summed E-state index contributed by atoms with van der Waals surface area (Å²) in [6.45, 7) is 0. The molecule has 0 aliphatic rings. The maximum absolute atomic E-state index is 11.1. The van der Waals surface area contributed by atoms with E-state index in [4.69, 9.17) is 14.6 Å². The van der Waals surface area contributed by atoms with Crippen molar-refractivity contribution < 1.29 is 19.4 Å². The standard InChI is InChI=1S/C17H18O4S2/c1-20-12-8-13(21-2)10-15(9-12)23-16-5-4-14(22-3)6-11(16)7-17(18)19/h4-6,8-10H,7H2,1-3H3,(H,18,19). The Hall–Kier alpha value is -1.79. The van der Waals surface area contributed by atoms with E-state index in [2.05, 4.69) is 0 Å². The quantitative estimate of drug-likeness (QED) is 0.755. The normalized spacial score (nSPS) is 10.4. The second-order valence-electron chi connectivity index (χ2n) is 4.69. The number of methoxy groups -OCH3 is 2. The van der Waals surface area contributed by atoms with Gasteiger partial charge in [0, 0.05) is 20.8 Å². The van der Waals surface area contributed by atoms with Gasteiger partial charge in [-0.15, -0.1) is 11.8 Å². The zero-order valence-corrected chi connectivity index (χ0v) is 14.8. The molecule has 0 aromatic heterocycles. The molecule has 0 aliphatic carbocycles. The lowest BCUT2D eigenvalue weighted by Gasteiger charge is -2.11. The van der Waals surface area contributed by atoms with Crippen molar-refractivity contribution in [2.75, 3.05) is 20.5 Å². The number of ether oxygens (including phenoxy) is 2. The van der Waals surface area contributed by atoms with Crippen molar-refractivity contribution >= 4 is 29.5 Å². The minimum absolute atomic E-state index is 0.00215. The molecule has 0 radical (unpaired) electrons. The molecule has 0 saturated carbocycles. The second kappa shape index (κ2) is 8.17. The number of thioether (sulfide) groups is 1. The van der Waals surface area contributed by atoms with E-state index in [0.29, 0.717) is 11.5 Å². The highest BCUT2D eigenvalue weighted by Gasteiger charge is 2.11. The van der Waals surface area contributed by atoms with Gasteiger partial charge in [-0.05, 0) is 42.2 Å². The van der Waals surface area contributed by atoms with Crippen LogP contribution in [0.4, 0.5) is 0 Å². The molecular weight excluding hydrogens is 332 g/mol. The van der Waals surface area contributed by atoms with Gasteiger partial charge in [0.25, 0.3) is 0 Å². The first kappa shape index (κ1) is 17.6. The van der Waals surface area contributed by atoms with E-state index in [0.717, 1.165) is 20.2 Å². The van der Waals surface area contributed by atoms with Gasteiger partial charge in [0.05, 0.1) is 20.6 Å². The molecule has 6 heteroatoms. The third-order valence-electron chi connectivity index (χ3n) is 3.16. The number of rotatable bonds is 7. The molecule has 4 nitrogen and oxygen atoms in total. The molecule has 0 fully saturated rings. The lowest BCUT2D eigenvalue weighted by Crippen LogP contribution is -2.01. The maximum atomic E-state index is 11.1. The fourth-order valence-electron chi connectivity index (χ4n) is 2.05. The van der Waals surface area contributed by atoms with E-state index in [1.807, 2.05) is 36.6 Å². The molecule has 2 aromatic rings. The highest BCUT2D eigenvalue weighted by Crippen LogP contribution is 2.36. The Kier molecular flexibility index (Phi) is 6.24. The third kappa shape index (κ3) is 4.84. The Morgan fingerprint density at radius 3 is 2.22 bits per heavy atom. The summed E-state index contributed by atoms with van der Waals surface area (Å²) in [6.07, 6.45) is 1.97. The average molecular weight is 350 g/mol. The molecule has 0 unspecified atom stereocenters. The van der Waals surface area contributed by atoms with Gasteiger partial charge in [-0.1, -0.05) is 11.8 Å². The summed E-state index contributed by atoms with van der Waals surface area (Å²) >= 11 is 3.10. The predicted molar refractivity (Wildman–Crippen MR) is 93.2 cm³/mol. The molecule has 0 atom stereocenters. The molecule has 0 heterocycles. The van der Waals surface area contributed by atoms with Crippen molar-refractivity contribution in [2.24, 2.45) is 0 Å². The minimum atomic E-state index is -0.840. The van der Waals surface area contributed by atoms with Gasteiger partial charge in [0.2, 0.25) is 0 Å². The lowest BCUT2D eigenvalue weighted by atomic mass is 10.1. The zero-order chi connectivity index (χ0) is 16.8. The number of carboxylic acid groups (broad SMARTS) is 1. The molecule has 0 spiro atoms. The smallest absolute Gasteiger partial charge is 0.307 e. The fraction of sp³-hybridized carbons (Fsp3) is 0.235. The third-order valence-corrected chi connectivity index (χ3v) is 4.98. The van der Waals surface area contributed by atoms with E-state index in [1.54, 1.807) is 32.0 Å². The van der Waals surface area contributed by atoms with Gasteiger partial charge in [0.15, 0.2) is 0 Å². The van der Waals surface area contributed by atoms with Crippen LogP contribution < -0.4 is 9.47 Å². The van der Waals surface area contributed by atoms with Crippen LogP contribution >= 0.6 is 23.5 Å². The van der Waals surface area contributed by atoms with Crippen molar-refractivity contribution in [2.45, 2.75) is 21.1 Å². The van der Waals surface area contributed by atoms with Gasteiger partial charge >= 0.3 is 5.97 Å². The Labute approximate surface area is 144 Å². The Balaban J connectivity index is 2.37. The number of hydrogen-bond acceptors (Lipinski definition) is 5. The Morgan fingerprint density at radius 1 is 1.04 bits per heavy atom. The van der Waals surface area contributed by atoms with Gasteiger partial charge in [-0.2, -0.15) is 0 Å². The van der Waals surface area contributed by atoms with Crippen LogP contribution in [0, 0.1) is 0 Å². The first-order chi connectivity index (χ1) is 11.0. The van der Waals surface area contributed by atoms with Crippen molar-refractivity contribution in [1.82, 2.24) is 0 Å². The Morgan fingerprint density at radius 2 is 1.70 bits per heavy atom. The highest BCUT2D eigenvalue weighted by atomic mass is 32.2. The highest BCUT2D eigenvalue weighted by molar-refractivity contribution is 7.99. The van der Waals surface area contributed by atoms with E-state index in [1.165, 1.54) is 11.8 Å². The van der Waals surface area contributed by atoms with Crippen LogP contribution in [-0.4, -0.2) is 31.6 Å². The predicted octanol–water partition coefficient (Wildman–Crippen LogP) is 4.20. The van der Waals surface area contributed by atoms with Crippen molar-refractivity contribution in [3.63, 3.8) is 0 Å². The molecule has 122 valence electrons. The SMILES string of the molecule is COc1cc(OC)cc(Sc2ccc(SC)cc2CC(=O)O)c1. The number of hydrogen-bond donors (Lipinski definition) is 1. The largest absolute Gasteiger partial charge is 0.497 e. The van der Waals surface area contributed by atoms with Crippen molar-refractivity contribution in [3.8, 4) is 11.5 Å². The summed E-state index contributed by atoms with van der Waals surface area (Å²) in [5.74, 6) is 0.563. The maximum Gasteiger partial charge on any atom is 0.307 e. The summed E-state index contributed by atoms with van der Waals surface area (Å²) in [5.41, 5.74) is 0.802. The van der Waals surface area contributed by atoms with Gasteiger partial charge in [-0.25, -0.2) is 0 Å². The number of carboxylic acids is 1. The summed E-state index contributed by atoms with van der Waals surface area (Å²) in [6, 6.07) is 11.5.